The Labute approximate surface area is 129 Å². The van der Waals surface area contributed by atoms with Crippen molar-refractivity contribution in [3.8, 4) is 5.75 Å². The maximum absolute atomic E-state index is 12.9. The Hall–Kier alpha value is -2.70. The van der Waals surface area contributed by atoms with Crippen LogP contribution in [0, 0.1) is 0 Å². The fraction of sp³-hybridized carbons (Fsp3) is 0.188. The second-order valence-electron chi connectivity index (χ2n) is 5.10. The number of carbonyl (C=O) groups excluding carboxylic acids is 1. The summed E-state index contributed by atoms with van der Waals surface area (Å²) < 4.78 is 43.6. The van der Waals surface area contributed by atoms with Crippen LogP contribution < -0.4 is 4.90 Å². The monoisotopic (exact) mass is 323 g/mol. The molecule has 1 aliphatic heterocycles. The van der Waals surface area contributed by atoms with Gasteiger partial charge >= 0.3 is 12.3 Å². The van der Waals surface area contributed by atoms with Gasteiger partial charge in [0.2, 0.25) is 0 Å². The SMILES string of the molecule is O=C1OCC(c2cccc(C(F)(F)F)c2)N1c1ccc(O)cc1. The number of alkyl halides is 3. The molecule has 23 heavy (non-hydrogen) atoms. The predicted molar refractivity (Wildman–Crippen MR) is 76.1 cm³/mol. The average Bonchev–Trinajstić information content (AvgIpc) is 2.89. The van der Waals surface area contributed by atoms with Gasteiger partial charge in [-0.3, -0.25) is 4.90 Å². The number of anilines is 1. The van der Waals surface area contributed by atoms with E-state index in [1.54, 1.807) is 0 Å². The molecule has 1 N–H and O–H groups in total. The van der Waals surface area contributed by atoms with Crippen molar-refractivity contribution in [2.45, 2.75) is 12.2 Å². The van der Waals surface area contributed by atoms with E-state index in [1.807, 2.05) is 0 Å². The smallest absolute Gasteiger partial charge is 0.416 e. The molecule has 1 aliphatic rings. The molecule has 1 atom stereocenters. The summed E-state index contributed by atoms with van der Waals surface area (Å²) in [5.74, 6) is 0.0249. The highest BCUT2D eigenvalue weighted by Crippen LogP contribution is 2.36. The Morgan fingerprint density at radius 1 is 1.13 bits per heavy atom. The minimum atomic E-state index is -4.46. The van der Waals surface area contributed by atoms with Crippen LogP contribution in [-0.2, 0) is 10.9 Å². The van der Waals surface area contributed by atoms with Crippen molar-refractivity contribution >= 4 is 11.8 Å². The normalized spacial score (nSPS) is 18.1. The molecule has 2 aromatic rings. The van der Waals surface area contributed by atoms with Crippen LogP contribution in [0.4, 0.5) is 23.7 Å². The van der Waals surface area contributed by atoms with Gasteiger partial charge in [-0.2, -0.15) is 13.2 Å². The highest BCUT2D eigenvalue weighted by Gasteiger charge is 2.37. The number of benzene rings is 2. The van der Waals surface area contributed by atoms with Gasteiger partial charge in [0.25, 0.3) is 0 Å². The first-order valence-electron chi connectivity index (χ1n) is 6.78. The Kier molecular flexibility index (Phi) is 3.63. The number of hydrogen-bond acceptors (Lipinski definition) is 3. The number of amides is 1. The van der Waals surface area contributed by atoms with Crippen molar-refractivity contribution in [2.24, 2.45) is 0 Å². The lowest BCUT2D eigenvalue weighted by molar-refractivity contribution is -0.137. The molecule has 0 saturated carbocycles. The summed E-state index contributed by atoms with van der Waals surface area (Å²) >= 11 is 0. The third kappa shape index (κ3) is 2.94. The zero-order valence-electron chi connectivity index (χ0n) is 11.7. The van der Waals surface area contributed by atoms with Crippen LogP contribution in [0.25, 0.3) is 0 Å². The number of carbonyl (C=O) groups is 1. The maximum atomic E-state index is 12.9. The molecule has 1 heterocycles. The molecule has 0 spiro atoms. The lowest BCUT2D eigenvalue weighted by atomic mass is 10.0. The number of nitrogens with zero attached hydrogens (tertiary/aromatic N) is 1. The fourth-order valence-electron chi connectivity index (χ4n) is 2.49. The molecule has 2 aromatic carbocycles. The molecule has 0 aromatic heterocycles. The summed E-state index contributed by atoms with van der Waals surface area (Å²) in [7, 11) is 0. The van der Waals surface area contributed by atoms with E-state index < -0.39 is 23.9 Å². The molecule has 0 bridgehead atoms. The highest BCUT2D eigenvalue weighted by molar-refractivity contribution is 5.90. The van der Waals surface area contributed by atoms with Crippen LogP contribution in [0.5, 0.6) is 5.75 Å². The van der Waals surface area contributed by atoms with Gasteiger partial charge in [-0.15, -0.1) is 0 Å². The molecule has 3 rings (SSSR count). The molecule has 1 saturated heterocycles. The molecule has 1 unspecified atom stereocenters. The van der Waals surface area contributed by atoms with Crippen LogP contribution in [0.1, 0.15) is 17.2 Å². The third-order valence-electron chi connectivity index (χ3n) is 3.60. The number of phenolic OH excluding ortho intramolecular Hbond substituents is 1. The van der Waals surface area contributed by atoms with Crippen LogP contribution >= 0.6 is 0 Å². The molecule has 0 aliphatic carbocycles. The largest absolute Gasteiger partial charge is 0.508 e. The zero-order chi connectivity index (χ0) is 16.6. The molecule has 4 nitrogen and oxygen atoms in total. The first-order valence-corrected chi connectivity index (χ1v) is 6.78. The second kappa shape index (κ2) is 5.49. The van der Waals surface area contributed by atoms with Gasteiger partial charge in [0, 0.05) is 5.69 Å². The summed E-state index contributed by atoms with van der Waals surface area (Å²) in [5.41, 5.74) is -0.00790. The van der Waals surface area contributed by atoms with Gasteiger partial charge in [0.1, 0.15) is 12.4 Å². The van der Waals surface area contributed by atoms with Gasteiger partial charge in [-0.1, -0.05) is 12.1 Å². The van der Waals surface area contributed by atoms with Crippen molar-refractivity contribution in [1.82, 2.24) is 0 Å². The summed E-state index contributed by atoms with van der Waals surface area (Å²) in [6, 6.07) is 9.95. The first-order chi connectivity index (χ1) is 10.9. The molecule has 1 fully saturated rings. The van der Waals surface area contributed by atoms with E-state index in [4.69, 9.17) is 4.74 Å². The average molecular weight is 323 g/mol. The number of phenols is 1. The van der Waals surface area contributed by atoms with E-state index in [9.17, 15) is 23.1 Å². The summed E-state index contributed by atoms with van der Waals surface area (Å²) in [6.45, 7) is -0.0407. The van der Waals surface area contributed by atoms with Gasteiger partial charge < -0.3 is 9.84 Å². The fourth-order valence-corrected chi connectivity index (χ4v) is 2.49. The van der Waals surface area contributed by atoms with Gasteiger partial charge in [0.05, 0.1) is 11.6 Å². The zero-order valence-corrected chi connectivity index (χ0v) is 11.7. The number of aromatic hydroxyl groups is 1. The minimum Gasteiger partial charge on any atom is -0.508 e. The first kappa shape index (κ1) is 15.2. The van der Waals surface area contributed by atoms with E-state index in [0.717, 1.165) is 12.1 Å². The van der Waals surface area contributed by atoms with E-state index in [2.05, 4.69) is 0 Å². The topological polar surface area (TPSA) is 49.8 Å². The molecule has 120 valence electrons. The summed E-state index contributed by atoms with van der Waals surface area (Å²) in [5, 5.41) is 9.31. The van der Waals surface area contributed by atoms with Crippen molar-refractivity contribution in [2.75, 3.05) is 11.5 Å². The maximum Gasteiger partial charge on any atom is 0.416 e. The van der Waals surface area contributed by atoms with Crippen LogP contribution in [0.2, 0.25) is 0 Å². The van der Waals surface area contributed by atoms with E-state index in [0.29, 0.717) is 11.3 Å². The number of hydrogen-bond donors (Lipinski definition) is 1. The Balaban J connectivity index is 1.98. The summed E-state index contributed by atoms with van der Waals surface area (Å²) in [4.78, 5) is 13.2. The van der Waals surface area contributed by atoms with Crippen molar-refractivity contribution in [1.29, 1.82) is 0 Å². The lowest BCUT2D eigenvalue weighted by Gasteiger charge is -2.22. The van der Waals surface area contributed by atoms with Crippen molar-refractivity contribution in [3.05, 3.63) is 59.7 Å². The number of ether oxygens (including phenoxy) is 1. The second-order valence-corrected chi connectivity index (χ2v) is 5.10. The lowest BCUT2D eigenvalue weighted by Crippen LogP contribution is -2.27. The predicted octanol–water partition coefficient (Wildman–Crippen LogP) is 4.11. The Morgan fingerprint density at radius 2 is 1.83 bits per heavy atom. The van der Waals surface area contributed by atoms with Gasteiger partial charge in [0.15, 0.2) is 0 Å². The molecule has 1 amide bonds. The number of rotatable bonds is 2. The number of cyclic esters (lactones) is 1. The van der Waals surface area contributed by atoms with Crippen molar-refractivity contribution < 1.29 is 27.8 Å². The third-order valence-corrected chi connectivity index (χ3v) is 3.60. The van der Waals surface area contributed by atoms with E-state index in [1.165, 1.54) is 41.3 Å². The van der Waals surface area contributed by atoms with E-state index >= 15 is 0 Å². The van der Waals surface area contributed by atoms with Crippen LogP contribution in [0.15, 0.2) is 48.5 Å². The highest BCUT2D eigenvalue weighted by atomic mass is 19.4. The number of halogens is 3. The molecule has 7 heteroatoms. The van der Waals surface area contributed by atoms with Crippen LogP contribution in [-0.4, -0.2) is 17.8 Å². The van der Waals surface area contributed by atoms with E-state index in [-0.39, 0.29) is 12.4 Å². The van der Waals surface area contributed by atoms with Crippen LogP contribution in [0.3, 0.4) is 0 Å². The molecule has 0 radical (unpaired) electrons. The van der Waals surface area contributed by atoms with Crippen molar-refractivity contribution in [3.63, 3.8) is 0 Å². The minimum absolute atomic E-state index is 0.0249. The molecular weight excluding hydrogens is 311 g/mol. The standard InChI is InChI=1S/C16H12F3NO3/c17-16(18,19)11-3-1-2-10(8-11)14-9-23-15(22)20(14)12-4-6-13(21)7-5-12/h1-8,14,21H,9H2. The van der Waals surface area contributed by atoms with Gasteiger partial charge in [-0.25, -0.2) is 4.79 Å². The summed E-state index contributed by atoms with van der Waals surface area (Å²) in [6.07, 6.45) is -5.10. The van der Waals surface area contributed by atoms with Gasteiger partial charge in [-0.05, 0) is 42.0 Å². The Morgan fingerprint density at radius 3 is 2.48 bits per heavy atom. The Bertz CT molecular complexity index is 728. The quantitative estimate of drug-likeness (QED) is 0.905. The molecular formula is C16H12F3NO3.